The summed E-state index contributed by atoms with van der Waals surface area (Å²) in [6.45, 7) is 8.60. The van der Waals surface area contributed by atoms with Crippen molar-refractivity contribution in [2.45, 2.75) is 53.1 Å². The molecule has 1 saturated carbocycles. The highest BCUT2D eigenvalue weighted by Crippen LogP contribution is 2.36. The zero-order chi connectivity index (χ0) is 15.6. The van der Waals surface area contributed by atoms with E-state index in [1.807, 2.05) is 13.0 Å². The third kappa shape index (κ3) is 3.78. The van der Waals surface area contributed by atoms with Gasteiger partial charge in [0, 0.05) is 0 Å². The molecule has 1 aromatic carbocycles. The summed E-state index contributed by atoms with van der Waals surface area (Å²) < 4.78 is 6.17. The molecule has 1 aliphatic rings. The van der Waals surface area contributed by atoms with Gasteiger partial charge in [0.2, 0.25) is 0 Å². The largest absolute Gasteiger partial charge is 0.489 e. The predicted molar refractivity (Wildman–Crippen MR) is 83.9 cm³/mol. The van der Waals surface area contributed by atoms with Crippen LogP contribution in [0.3, 0.4) is 0 Å². The Labute approximate surface area is 127 Å². The summed E-state index contributed by atoms with van der Waals surface area (Å²) in [5, 5.41) is 9.37. The van der Waals surface area contributed by atoms with E-state index in [1.54, 1.807) is 12.1 Å². The zero-order valence-corrected chi connectivity index (χ0v) is 13.4. The van der Waals surface area contributed by atoms with Gasteiger partial charge in [-0.05, 0) is 49.7 Å². The smallest absolute Gasteiger partial charge is 0.339 e. The van der Waals surface area contributed by atoms with Crippen molar-refractivity contribution in [2.75, 3.05) is 0 Å². The van der Waals surface area contributed by atoms with Crippen LogP contribution >= 0.6 is 0 Å². The number of rotatable bonds is 4. The van der Waals surface area contributed by atoms with Gasteiger partial charge in [-0.1, -0.05) is 38.8 Å². The van der Waals surface area contributed by atoms with Crippen molar-refractivity contribution in [1.29, 1.82) is 0 Å². The summed E-state index contributed by atoms with van der Waals surface area (Å²) in [4.78, 5) is 11.4. The van der Waals surface area contributed by atoms with Gasteiger partial charge in [-0.2, -0.15) is 0 Å². The molecule has 21 heavy (non-hydrogen) atoms. The van der Waals surface area contributed by atoms with Crippen LogP contribution in [0.1, 0.15) is 56.0 Å². The van der Waals surface area contributed by atoms with Crippen LogP contribution in [0.2, 0.25) is 0 Å². The number of ether oxygens (including phenoxy) is 1. The van der Waals surface area contributed by atoms with E-state index in [1.165, 1.54) is 6.42 Å². The van der Waals surface area contributed by atoms with Crippen LogP contribution in [-0.4, -0.2) is 17.2 Å². The van der Waals surface area contributed by atoms with Crippen molar-refractivity contribution in [3.05, 3.63) is 29.3 Å². The van der Waals surface area contributed by atoms with Gasteiger partial charge < -0.3 is 9.84 Å². The molecule has 3 heteroatoms. The number of aryl methyl sites for hydroxylation is 1. The quantitative estimate of drug-likeness (QED) is 0.886. The number of hydrogen-bond acceptors (Lipinski definition) is 2. The molecule has 0 amide bonds. The average Bonchev–Trinajstić information content (AvgIpc) is 2.40. The standard InChI is InChI=1S/C18H26O3/c1-11(2)14-7-5-13(4)10-17(14)21-16-8-6-12(3)9-15(16)18(19)20/h6,8-9,11,13-14,17H,5,7,10H2,1-4H3,(H,19,20). The van der Waals surface area contributed by atoms with Crippen molar-refractivity contribution in [2.24, 2.45) is 17.8 Å². The van der Waals surface area contributed by atoms with Crippen LogP contribution in [0.15, 0.2) is 18.2 Å². The number of hydrogen-bond donors (Lipinski definition) is 1. The molecule has 3 nitrogen and oxygen atoms in total. The van der Waals surface area contributed by atoms with Crippen molar-refractivity contribution >= 4 is 5.97 Å². The second-order valence-corrected chi connectivity index (χ2v) is 6.79. The Morgan fingerprint density at radius 3 is 2.67 bits per heavy atom. The Morgan fingerprint density at radius 1 is 1.33 bits per heavy atom. The first-order valence-corrected chi connectivity index (χ1v) is 7.89. The van der Waals surface area contributed by atoms with Gasteiger partial charge >= 0.3 is 5.97 Å². The molecular weight excluding hydrogens is 264 g/mol. The van der Waals surface area contributed by atoms with E-state index in [9.17, 15) is 9.90 Å². The maximum atomic E-state index is 11.4. The molecule has 1 N–H and O–H groups in total. The van der Waals surface area contributed by atoms with Gasteiger partial charge in [0.15, 0.2) is 0 Å². The van der Waals surface area contributed by atoms with Gasteiger partial charge in [-0.3, -0.25) is 0 Å². The van der Waals surface area contributed by atoms with Crippen molar-refractivity contribution in [3.8, 4) is 5.75 Å². The Bertz CT molecular complexity index is 507. The third-order valence-electron chi connectivity index (χ3n) is 4.61. The minimum absolute atomic E-state index is 0.120. The fourth-order valence-electron chi connectivity index (χ4n) is 3.33. The summed E-state index contributed by atoms with van der Waals surface area (Å²) in [7, 11) is 0. The normalized spacial score (nSPS) is 25.9. The Morgan fingerprint density at radius 2 is 2.05 bits per heavy atom. The molecular formula is C18H26O3. The highest BCUT2D eigenvalue weighted by Gasteiger charge is 2.33. The Hall–Kier alpha value is -1.51. The lowest BCUT2D eigenvalue weighted by Crippen LogP contribution is -2.36. The Kier molecular flexibility index (Phi) is 4.92. The van der Waals surface area contributed by atoms with E-state index < -0.39 is 5.97 Å². The average molecular weight is 290 g/mol. The summed E-state index contributed by atoms with van der Waals surface area (Å²) in [6.07, 6.45) is 3.53. The number of benzene rings is 1. The second-order valence-electron chi connectivity index (χ2n) is 6.79. The summed E-state index contributed by atoms with van der Waals surface area (Å²) >= 11 is 0. The van der Waals surface area contributed by atoms with E-state index in [2.05, 4.69) is 20.8 Å². The molecule has 0 aliphatic heterocycles. The fraction of sp³-hybridized carbons (Fsp3) is 0.611. The van der Waals surface area contributed by atoms with Crippen LogP contribution < -0.4 is 4.74 Å². The summed E-state index contributed by atoms with van der Waals surface area (Å²) in [6, 6.07) is 5.40. The van der Waals surface area contributed by atoms with Gasteiger partial charge in [0.05, 0.1) is 0 Å². The number of carboxylic acids is 1. The molecule has 1 fully saturated rings. The van der Waals surface area contributed by atoms with Crippen molar-refractivity contribution in [1.82, 2.24) is 0 Å². The molecule has 0 bridgehead atoms. The van der Waals surface area contributed by atoms with Gasteiger partial charge in [-0.25, -0.2) is 4.79 Å². The second kappa shape index (κ2) is 6.50. The molecule has 116 valence electrons. The summed E-state index contributed by atoms with van der Waals surface area (Å²) in [5.41, 5.74) is 1.22. The maximum Gasteiger partial charge on any atom is 0.339 e. The minimum Gasteiger partial charge on any atom is -0.489 e. The molecule has 3 atom stereocenters. The number of carboxylic acid groups (broad SMARTS) is 1. The minimum atomic E-state index is -0.918. The maximum absolute atomic E-state index is 11.4. The van der Waals surface area contributed by atoms with Crippen LogP contribution in [0, 0.1) is 24.7 Å². The lowest BCUT2D eigenvalue weighted by Gasteiger charge is -2.37. The van der Waals surface area contributed by atoms with E-state index in [0.29, 0.717) is 23.5 Å². The topological polar surface area (TPSA) is 46.5 Å². The SMILES string of the molecule is Cc1ccc(OC2CC(C)CCC2C(C)C)c(C(=O)O)c1. The van der Waals surface area contributed by atoms with Crippen LogP contribution in [0.5, 0.6) is 5.75 Å². The van der Waals surface area contributed by atoms with E-state index in [-0.39, 0.29) is 11.7 Å². The first kappa shape index (κ1) is 15.9. The summed E-state index contributed by atoms with van der Waals surface area (Å²) in [5.74, 6) is 1.30. The predicted octanol–water partition coefficient (Wildman–Crippen LogP) is 4.53. The lowest BCUT2D eigenvalue weighted by atomic mass is 9.75. The number of carbonyl (C=O) groups is 1. The van der Waals surface area contributed by atoms with E-state index in [0.717, 1.165) is 18.4 Å². The molecule has 0 radical (unpaired) electrons. The number of aromatic carboxylic acids is 1. The first-order valence-electron chi connectivity index (χ1n) is 7.89. The molecule has 0 saturated heterocycles. The monoisotopic (exact) mass is 290 g/mol. The molecule has 1 aromatic rings. The van der Waals surface area contributed by atoms with E-state index in [4.69, 9.17) is 4.74 Å². The first-order chi connectivity index (χ1) is 9.88. The van der Waals surface area contributed by atoms with Gasteiger partial charge in [0.25, 0.3) is 0 Å². The van der Waals surface area contributed by atoms with Gasteiger partial charge in [-0.15, -0.1) is 0 Å². The van der Waals surface area contributed by atoms with Crippen LogP contribution in [0.4, 0.5) is 0 Å². The van der Waals surface area contributed by atoms with Crippen molar-refractivity contribution in [3.63, 3.8) is 0 Å². The van der Waals surface area contributed by atoms with E-state index >= 15 is 0 Å². The lowest BCUT2D eigenvalue weighted by molar-refractivity contribution is 0.0437. The molecule has 2 rings (SSSR count). The molecule has 0 aromatic heterocycles. The fourth-order valence-corrected chi connectivity index (χ4v) is 3.33. The highest BCUT2D eigenvalue weighted by atomic mass is 16.5. The zero-order valence-electron chi connectivity index (χ0n) is 13.4. The molecule has 0 spiro atoms. The Balaban J connectivity index is 2.24. The van der Waals surface area contributed by atoms with Crippen molar-refractivity contribution < 1.29 is 14.6 Å². The third-order valence-corrected chi connectivity index (χ3v) is 4.61. The molecule has 1 aliphatic carbocycles. The van der Waals surface area contributed by atoms with Gasteiger partial charge in [0.1, 0.15) is 17.4 Å². The van der Waals surface area contributed by atoms with Crippen LogP contribution in [0.25, 0.3) is 0 Å². The molecule has 0 heterocycles. The molecule has 3 unspecified atom stereocenters. The highest BCUT2D eigenvalue weighted by molar-refractivity contribution is 5.91. The van der Waals surface area contributed by atoms with Crippen LogP contribution in [-0.2, 0) is 0 Å².